The number of nitrogens with zero attached hydrogens (tertiary/aromatic N) is 1. The van der Waals surface area contributed by atoms with Crippen molar-refractivity contribution in [3.8, 4) is 5.88 Å². The third-order valence-corrected chi connectivity index (χ3v) is 3.26. The Morgan fingerprint density at radius 1 is 1.07 bits per heavy atom. The fourth-order valence-corrected chi connectivity index (χ4v) is 2.14. The van der Waals surface area contributed by atoms with Crippen LogP contribution in [0.2, 0.25) is 0 Å². The van der Waals surface area contributed by atoms with Crippen LogP contribution < -0.4 is 15.4 Å². The first kappa shape index (κ1) is 20.2. The number of benzene rings is 1. The number of ether oxygens (including phenoxy) is 1. The summed E-state index contributed by atoms with van der Waals surface area (Å²) in [5.41, 5.74) is -0.952. The first-order valence-electron chi connectivity index (χ1n) is 7.99. The zero-order chi connectivity index (χ0) is 20.2. The molecule has 2 N–H and O–H groups in total. The highest BCUT2D eigenvalue weighted by molar-refractivity contribution is 6.07. The smallest absolute Gasteiger partial charge is 0.416 e. The Labute approximate surface area is 153 Å². The van der Waals surface area contributed by atoms with Crippen molar-refractivity contribution in [3.63, 3.8) is 0 Å². The third-order valence-electron chi connectivity index (χ3n) is 3.26. The summed E-state index contributed by atoms with van der Waals surface area (Å²) in [6.07, 6.45) is -3.44. The summed E-state index contributed by atoms with van der Waals surface area (Å²) in [7, 11) is 0. The maximum absolute atomic E-state index is 12.9. The molecule has 0 unspecified atom stereocenters. The van der Waals surface area contributed by atoms with Gasteiger partial charge in [-0.1, -0.05) is 0 Å². The lowest BCUT2D eigenvalue weighted by atomic mass is 10.1. The molecule has 0 bridgehead atoms. The van der Waals surface area contributed by atoms with Gasteiger partial charge in [-0.3, -0.25) is 9.59 Å². The molecule has 0 aliphatic carbocycles. The Balaban J connectivity index is 2.27. The molecule has 0 aliphatic heterocycles. The average molecular weight is 381 g/mol. The molecule has 9 heteroatoms. The van der Waals surface area contributed by atoms with Crippen molar-refractivity contribution >= 4 is 23.2 Å². The fourth-order valence-electron chi connectivity index (χ4n) is 2.14. The molecule has 1 aromatic carbocycles. The monoisotopic (exact) mass is 381 g/mol. The van der Waals surface area contributed by atoms with Gasteiger partial charge in [0.1, 0.15) is 0 Å². The number of alkyl halides is 3. The molecule has 0 aliphatic rings. The van der Waals surface area contributed by atoms with E-state index in [9.17, 15) is 22.8 Å². The van der Waals surface area contributed by atoms with Crippen molar-refractivity contribution in [2.24, 2.45) is 0 Å². The minimum Gasteiger partial charge on any atom is -0.475 e. The highest BCUT2D eigenvalue weighted by Gasteiger charge is 2.31. The van der Waals surface area contributed by atoms with E-state index >= 15 is 0 Å². The standard InChI is InChI=1S/C18H18F3N3O3/c1-10(2)27-16-7-4-12(9-22-16)17(26)24-15-8-13(18(19,20)21)5-6-14(15)23-11(3)25/h4-10H,1-3H3,(H,23,25)(H,24,26). The number of nitrogens with one attached hydrogen (secondary N) is 2. The summed E-state index contributed by atoms with van der Waals surface area (Å²) in [6.45, 7) is 4.85. The number of rotatable bonds is 5. The van der Waals surface area contributed by atoms with Crippen LogP contribution in [0.4, 0.5) is 24.5 Å². The molecule has 0 spiro atoms. The van der Waals surface area contributed by atoms with Gasteiger partial charge < -0.3 is 15.4 Å². The molecule has 2 rings (SSSR count). The summed E-state index contributed by atoms with van der Waals surface area (Å²) >= 11 is 0. The number of hydrogen-bond donors (Lipinski definition) is 2. The van der Waals surface area contributed by atoms with Crippen molar-refractivity contribution in [2.45, 2.75) is 33.1 Å². The normalized spacial score (nSPS) is 11.2. The van der Waals surface area contributed by atoms with Crippen molar-refractivity contribution < 1.29 is 27.5 Å². The van der Waals surface area contributed by atoms with Gasteiger partial charge >= 0.3 is 6.18 Å². The van der Waals surface area contributed by atoms with Gasteiger partial charge in [-0.05, 0) is 38.1 Å². The number of carbonyl (C=O) groups is 2. The summed E-state index contributed by atoms with van der Waals surface area (Å²) in [5.74, 6) is -0.841. The van der Waals surface area contributed by atoms with Gasteiger partial charge in [0.05, 0.1) is 28.6 Å². The fraction of sp³-hybridized carbons (Fsp3) is 0.278. The largest absolute Gasteiger partial charge is 0.475 e. The molecule has 0 radical (unpaired) electrons. The Hall–Kier alpha value is -3.10. The number of amides is 2. The topological polar surface area (TPSA) is 80.3 Å². The summed E-state index contributed by atoms with van der Waals surface area (Å²) in [5, 5.41) is 4.75. The van der Waals surface area contributed by atoms with Crippen molar-refractivity contribution in [1.29, 1.82) is 0 Å². The number of carbonyl (C=O) groups excluding carboxylic acids is 2. The van der Waals surface area contributed by atoms with Gasteiger partial charge in [-0.2, -0.15) is 13.2 Å². The molecule has 2 amide bonds. The maximum Gasteiger partial charge on any atom is 0.416 e. The van der Waals surface area contributed by atoms with Crippen LogP contribution in [-0.4, -0.2) is 22.9 Å². The van der Waals surface area contributed by atoms with Crippen LogP contribution in [0.15, 0.2) is 36.5 Å². The Kier molecular flexibility index (Phi) is 6.04. The third kappa shape index (κ3) is 5.70. The minimum absolute atomic E-state index is 0.0524. The number of hydrogen-bond acceptors (Lipinski definition) is 4. The van der Waals surface area contributed by atoms with Gasteiger partial charge in [0.2, 0.25) is 11.8 Å². The van der Waals surface area contributed by atoms with E-state index in [2.05, 4.69) is 15.6 Å². The quantitative estimate of drug-likeness (QED) is 0.817. The number of pyridine rings is 1. The second-order valence-electron chi connectivity index (χ2n) is 5.95. The molecule has 144 valence electrons. The van der Waals surface area contributed by atoms with Crippen LogP contribution in [0.1, 0.15) is 36.7 Å². The second kappa shape index (κ2) is 8.07. The molecular weight excluding hydrogens is 363 g/mol. The molecule has 6 nitrogen and oxygen atoms in total. The summed E-state index contributed by atoms with van der Waals surface area (Å²) in [6, 6.07) is 5.58. The van der Waals surface area contributed by atoms with Crippen molar-refractivity contribution in [2.75, 3.05) is 10.6 Å². The van der Waals surface area contributed by atoms with Gasteiger partial charge in [-0.15, -0.1) is 0 Å². The summed E-state index contributed by atoms with van der Waals surface area (Å²) < 4.78 is 44.2. The molecule has 0 atom stereocenters. The lowest BCUT2D eigenvalue weighted by Crippen LogP contribution is -2.17. The van der Waals surface area contributed by atoms with E-state index in [1.54, 1.807) is 0 Å². The molecule has 1 aromatic heterocycles. The van der Waals surface area contributed by atoms with E-state index < -0.39 is 23.6 Å². The highest BCUT2D eigenvalue weighted by atomic mass is 19.4. The zero-order valence-electron chi connectivity index (χ0n) is 14.8. The molecule has 0 saturated heterocycles. The first-order chi connectivity index (χ1) is 12.6. The zero-order valence-corrected chi connectivity index (χ0v) is 14.8. The van der Waals surface area contributed by atoms with Crippen LogP contribution in [0, 0.1) is 0 Å². The van der Waals surface area contributed by atoms with E-state index in [0.29, 0.717) is 5.88 Å². The van der Waals surface area contributed by atoms with E-state index in [-0.39, 0.29) is 23.0 Å². The van der Waals surface area contributed by atoms with Crippen LogP contribution in [0.5, 0.6) is 5.88 Å². The maximum atomic E-state index is 12.9. The van der Waals surface area contributed by atoms with E-state index in [4.69, 9.17) is 4.74 Å². The second-order valence-corrected chi connectivity index (χ2v) is 5.95. The first-order valence-corrected chi connectivity index (χ1v) is 7.99. The van der Waals surface area contributed by atoms with Gasteiger partial charge in [-0.25, -0.2) is 4.98 Å². The van der Waals surface area contributed by atoms with Gasteiger partial charge in [0.15, 0.2) is 0 Å². The van der Waals surface area contributed by atoms with Crippen LogP contribution in [0.3, 0.4) is 0 Å². The molecule has 1 heterocycles. The number of aromatic nitrogens is 1. The van der Waals surface area contributed by atoms with Crippen molar-refractivity contribution in [1.82, 2.24) is 4.98 Å². The predicted octanol–water partition coefficient (Wildman–Crippen LogP) is 4.10. The summed E-state index contributed by atoms with van der Waals surface area (Å²) in [4.78, 5) is 27.6. The minimum atomic E-state index is -4.59. The number of halogens is 3. The predicted molar refractivity (Wildman–Crippen MR) is 93.7 cm³/mol. The number of anilines is 2. The average Bonchev–Trinajstić information content (AvgIpc) is 2.55. The molecule has 27 heavy (non-hydrogen) atoms. The highest BCUT2D eigenvalue weighted by Crippen LogP contribution is 2.34. The van der Waals surface area contributed by atoms with Gasteiger partial charge in [0, 0.05) is 19.2 Å². The molecule has 0 fully saturated rings. The SMILES string of the molecule is CC(=O)Nc1ccc(C(F)(F)F)cc1NC(=O)c1ccc(OC(C)C)nc1. The molecule has 0 saturated carbocycles. The van der Waals surface area contributed by atoms with Crippen LogP contribution in [0.25, 0.3) is 0 Å². The van der Waals surface area contributed by atoms with Crippen LogP contribution >= 0.6 is 0 Å². The Morgan fingerprint density at radius 2 is 1.78 bits per heavy atom. The Morgan fingerprint density at radius 3 is 2.30 bits per heavy atom. The lowest BCUT2D eigenvalue weighted by molar-refractivity contribution is -0.137. The molecule has 2 aromatic rings. The van der Waals surface area contributed by atoms with E-state index in [0.717, 1.165) is 18.2 Å². The molecular formula is C18H18F3N3O3. The van der Waals surface area contributed by atoms with E-state index in [1.807, 2.05) is 13.8 Å². The van der Waals surface area contributed by atoms with Crippen molar-refractivity contribution in [3.05, 3.63) is 47.7 Å². The van der Waals surface area contributed by atoms with Crippen LogP contribution in [-0.2, 0) is 11.0 Å². The van der Waals surface area contributed by atoms with E-state index in [1.165, 1.54) is 25.3 Å². The Bertz CT molecular complexity index is 834. The lowest BCUT2D eigenvalue weighted by Gasteiger charge is -2.15. The van der Waals surface area contributed by atoms with Gasteiger partial charge in [0.25, 0.3) is 5.91 Å².